The van der Waals surface area contributed by atoms with E-state index in [2.05, 4.69) is 24.4 Å². The Hall–Kier alpha value is -0.240. The van der Waals surface area contributed by atoms with Crippen LogP contribution in [0.5, 0.6) is 0 Å². The van der Waals surface area contributed by atoms with E-state index in [-0.39, 0.29) is 0 Å². The molecule has 1 saturated carbocycles. The lowest BCUT2D eigenvalue weighted by Gasteiger charge is -2.30. The molecule has 0 aliphatic heterocycles. The number of hydrogen-bond acceptors (Lipinski definition) is 1. The zero-order valence-electron chi connectivity index (χ0n) is 11.6. The third kappa shape index (κ3) is 4.37. The predicted octanol–water partition coefficient (Wildman–Crippen LogP) is 4.78. The minimum absolute atomic E-state index is 0.691. The molecule has 0 aromatic heterocycles. The van der Waals surface area contributed by atoms with E-state index in [9.17, 15) is 0 Å². The van der Waals surface area contributed by atoms with Crippen molar-refractivity contribution in [3.05, 3.63) is 34.3 Å². The molecule has 1 nitrogen and oxygen atoms in total. The van der Waals surface area contributed by atoms with Gasteiger partial charge in [-0.15, -0.1) is 11.6 Å². The van der Waals surface area contributed by atoms with Crippen molar-refractivity contribution >= 4 is 23.2 Å². The lowest BCUT2D eigenvalue weighted by molar-refractivity contribution is 0.250. The zero-order valence-corrected chi connectivity index (χ0v) is 13.1. The van der Waals surface area contributed by atoms with Crippen LogP contribution in [0.15, 0.2) is 18.2 Å². The minimum atomic E-state index is 0.691. The van der Waals surface area contributed by atoms with Crippen molar-refractivity contribution in [2.45, 2.75) is 39.2 Å². The van der Waals surface area contributed by atoms with E-state index in [0.717, 1.165) is 29.9 Å². The van der Waals surface area contributed by atoms with Crippen LogP contribution in [0.3, 0.4) is 0 Å². The first-order chi connectivity index (χ1) is 9.20. The Labute approximate surface area is 126 Å². The molecule has 0 spiro atoms. The van der Waals surface area contributed by atoms with Crippen molar-refractivity contribution in [2.75, 3.05) is 12.4 Å². The Kier molecular flexibility index (Phi) is 6.00. The van der Waals surface area contributed by atoms with Crippen molar-refractivity contribution in [3.63, 3.8) is 0 Å². The maximum Gasteiger partial charge on any atom is 0.0453 e. The number of nitrogens with one attached hydrogen (secondary N) is 1. The van der Waals surface area contributed by atoms with E-state index in [1.165, 1.54) is 36.8 Å². The Morgan fingerprint density at radius 3 is 2.63 bits per heavy atom. The minimum Gasteiger partial charge on any atom is -0.312 e. The molecule has 0 heterocycles. The second-order valence-electron chi connectivity index (χ2n) is 5.68. The second kappa shape index (κ2) is 7.52. The van der Waals surface area contributed by atoms with Gasteiger partial charge in [0.2, 0.25) is 0 Å². The smallest absolute Gasteiger partial charge is 0.0453 e. The van der Waals surface area contributed by atoms with Gasteiger partial charge in [-0.25, -0.2) is 0 Å². The van der Waals surface area contributed by atoms with Gasteiger partial charge in [0.25, 0.3) is 0 Å². The van der Waals surface area contributed by atoms with Crippen molar-refractivity contribution in [2.24, 2.45) is 11.8 Å². The first-order valence-corrected chi connectivity index (χ1v) is 8.13. The van der Waals surface area contributed by atoms with Crippen LogP contribution in [0, 0.1) is 18.8 Å². The van der Waals surface area contributed by atoms with Crippen molar-refractivity contribution in [3.8, 4) is 0 Å². The van der Waals surface area contributed by atoms with Crippen LogP contribution in [-0.4, -0.2) is 12.4 Å². The maximum atomic E-state index is 6.25. The Balaban J connectivity index is 1.82. The largest absolute Gasteiger partial charge is 0.312 e. The van der Waals surface area contributed by atoms with Crippen molar-refractivity contribution in [1.82, 2.24) is 5.32 Å². The number of aryl methyl sites for hydroxylation is 1. The molecule has 1 aromatic rings. The first kappa shape index (κ1) is 15.2. The van der Waals surface area contributed by atoms with Gasteiger partial charge in [-0.1, -0.05) is 36.6 Å². The highest BCUT2D eigenvalue weighted by Gasteiger charge is 2.23. The number of rotatable bonds is 5. The van der Waals surface area contributed by atoms with E-state index < -0.39 is 0 Å². The average Bonchev–Trinajstić information content (AvgIpc) is 2.42. The standard InChI is InChI=1S/C16H23Cl2N/c1-12-6-7-15(16(18)8-12)11-19-10-14-5-3-2-4-13(14)9-17/h6-8,13-14,19H,2-5,9-11H2,1H3. The number of benzene rings is 1. The summed E-state index contributed by atoms with van der Waals surface area (Å²) < 4.78 is 0. The van der Waals surface area contributed by atoms with Gasteiger partial charge in [0.15, 0.2) is 0 Å². The molecule has 1 fully saturated rings. The van der Waals surface area contributed by atoms with Gasteiger partial charge < -0.3 is 5.32 Å². The van der Waals surface area contributed by atoms with Gasteiger partial charge in [0, 0.05) is 17.4 Å². The highest BCUT2D eigenvalue weighted by molar-refractivity contribution is 6.31. The van der Waals surface area contributed by atoms with Crippen LogP contribution >= 0.6 is 23.2 Å². The summed E-state index contributed by atoms with van der Waals surface area (Å²) in [6.07, 6.45) is 5.30. The summed E-state index contributed by atoms with van der Waals surface area (Å²) >= 11 is 12.3. The van der Waals surface area contributed by atoms with Crippen LogP contribution in [-0.2, 0) is 6.54 Å². The van der Waals surface area contributed by atoms with Gasteiger partial charge in [-0.2, -0.15) is 0 Å². The normalized spacial score (nSPS) is 23.5. The topological polar surface area (TPSA) is 12.0 Å². The molecular weight excluding hydrogens is 277 g/mol. The van der Waals surface area contributed by atoms with E-state index in [1.54, 1.807) is 0 Å². The molecule has 0 amide bonds. The van der Waals surface area contributed by atoms with E-state index in [0.29, 0.717) is 5.92 Å². The van der Waals surface area contributed by atoms with Gasteiger partial charge in [0.05, 0.1) is 0 Å². The Morgan fingerprint density at radius 1 is 1.21 bits per heavy atom. The molecule has 0 bridgehead atoms. The summed E-state index contributed by atoms with van der Waals surface area (Å²) in [7, 11) is 0. The first-order valence-electron chi connectivity index (χ1n) is 7.22. The quantitative estimate of drug-likeness (QED) is 0.771. The van der Waals surface area contributed by atoms with Gasteiger partial charge in [0.1, 0.15) is 0 Å². The molecule has 0 saturated heterocycles. The van der Waals surface area contributed by atoms with Crippen LogP contribution in [0.1, 0.15) is 36.8 Å². The molecule has 106 valence electrons. The summed E-state index contributed by atoms with van der Waals surface area (Å²) in [5.41, 5.74) is 2.40. The van der Waals surface area contributed by atoms with E-state index >= 15 is 0 Å². The molecule has 2 atom stereocenters. The number of hydrogen-bond donors (Lipinski definition) is 1. The maximum absolute atomic E-state index is 6.25. The fraction of sp³-hybridized carbons (Fsp3) is 0.625. The third-order valence-corrected chi connectivity index (χ3v) is 4.94. The molecule has 19 heavy (non-hydrogen) atoms. The van der Waals surface area contributed by atoms with Crippen LogP contribution < -0.4 is 5.32 Å². The fourth-order valence-corrected chi connectivity index (χ4v) is 3.65. The van der Waals surface area contributed by atoms with Gasteiger partial charge >= 0.3 is 0 Å². The Morgan fingerprint density at radius 2 is 1.95 bits per heavy atom. The molecule has 1 aromatic carbocycles. The second-order valence-corrected chi connectivity index (χ2v) is 6.40. The van der Waals surface area contributed by atoms with Gasteiger partial charge in [-0.05, 0) is 55.3 Å². The summed E-state index contributed by atoms with van der Waals surface area (Å²) in [6, 6.07) is 6.26. The highest BCUT2D eigenvalue weighted by Crippen LogP contribution is 2.30. The third-order valence-electron chi connectivity index (χ3n) is 4.20. The van der Waals surface area contributed by atoms with Crippen LogP contribution in [0.25, 0.3) is 0 Å². The molecular formula is C16H23Cl2N. The van der Waals surface area contributed by atoms with E-state index in [1.807, 2.05) is 6.07 Å². The van der Waals surface area contributed by atoms with E-state index in [4.69, 9.17) is 23.2 Å². The molecule has 1 aliphatic rings. The lowest BCUT2D eigenvalue weighted by Crippen LogP contribution is -2.31. The van der Waals surface area contributed by atoms with Crippen molar-refractivity contribution in [1.29, 1.82) is 0 Å². The number of halogens is 2. The molecule has 1 N–H and O–H groups in total. The van der Waals surface area contributed by atoms with Crippen LogP contribution in [0.2, 0.25) is 5.02 Å². The van der Waals surface area contributed by atoms with Crippen molar-refractivity contribution < 1.29 is 0 Å². The summed E-state index contributed by atoms with van der Waals surface area (Å²) in [4.78, 5) is 0. The predicted molar refractivity (Wildman–Crippen MR) is 84.1 cm³/mol. The van der Waals surface area contributed by atoms with Gasteiger partial charge in [-0.3, -0.25) is 0 Å². The number of alkyl halides is 1. The monoisotopic (exact) mass is 299 g/mol. The summed E-state index contributed by atoms with van der Waals surface area (Å²) in [5.74, 6) is 2.23. The Bertz CT molecular complexity index is 406. The molecule has 2 unspecified atom stereocenters. The zero-order chi connectivity index (χ0) is 13.7. The highest BCUT2D eigenvalue weighted by atomic mass is 35.5. The summed E-state index contributed by atoms with van der Waals surface area (Å²) in [5, 5.41) is 4.42. The summed E-state index contributed by atoms with van der Waals surface area (Å²) in [6.45, 7) is 3.97. The van der Waals surface area contributed by atoms with Crippen LogP contribution in [0.4, 0.5) is 0 Å². The SMILES string of the molecule is Cc1ccc(CNCC2CCCCC2CCl)c(Cl)c1. The fourth-order valence-electron chi connectivity index (χ4n) is 2.94. The average molecular weight is 300 g/mol. The molecule has 2 rings (SSSR count). The lowest BCUT2D eigenvalue weighted by atomic mass is 9.80. The molecule has 3 heteroatoms. The molecule has 1 aliphatic carbocycles. The molecule has 0 radical (unpaired) electrons.